The summed E-state index contributed by atoms with van der Waals surface area (Å²) in [6.07, 6.45) is 1.98. The predicted molar refractivity (Wildman–Crippen MR) is 69.7 cm³/mol. The zero-order valence-corrected chi connectivity index (χ0v) is 11.1. The van der Waals surface area contributed by atoms with Crippen LogP contribution in [0.1, 0.15) is 12.5 Å². The molecule has 1 fully saturated rings. The highest BCUT2D eigenvalue weighted by Gasteiger charge is 2.17. The van der Waals surface area contributed by atoms with E-state index in [9.17, 15) is 0 Å². The number of halogens is 1. The van der Waals surface area contributed by atoms with E-state index in [1.807, 2.05) is 6.20 Å². The van der Waals surface area contributed by atoms with Crippen LogP contribution < -0.4 is 5.32 Å². The Morgan fingerprint density at radius 1 is 1.60 bits per heavy atom. The van der Waals surface area contributed by atoms with E-state index in [0.717, 1.165) is 29.9 Å². The fraction of sp³-hybridized carbons (Fsp3) is 0.545. The highest BCUT2D eigenvalue weighted by molar-refractivity contribution is 14.1. The van der Waals surface area contributed by atoms with Crippen molar-refractivity contribution in [2.75, 3.05) is 19.6 Å². The lowest BCUT2D eigenvalue weighted by atomic mass is 10.2. The summed E-state index contributed by atoms with van der Waals surface area (Å²) >= 11 is 2.24. The van der Waals surface area contributed by atoms with Gasteiger partial charge >= 0.3 is 0 Å². The summed E-state index contributed by atoms with van der Waals surface area (Å²) in [7, 11) is 0. The van der Waals surface area contributed by atoms with E-state index in [-0.39, 0.29) is 0 Å². The van der Waals surface area contributed by atoms with Crippen LogP contribution in [-0.2, 0) is 6.54 Å². The second-order valence-corrected chi connectivity index (χ2v) is 5.12. The van der Waals surface area contributed by atoms with Crippen molar-refractivity contribution in [1.29, 1.82) is 0 Å². The number of hydrogen-bond acceptors (Lipinski definition) is 3. The van der Waals surface area contributed by atoms with Crippen LogP contribution in [0.2, 0.25) is 0 Å². The first-order valence-corrected chi connectivity index (χ1v) is 6.39. The maximum absolute atomic E-state index is 4.31. The molecule has 0 spiro atoms. The maximum atomic E-state index is 4.31. The van der Waals surface area contributed by atoms with Crippen molar-refractivity contribution in [3.8, 4) is 0 Å². The molecule has 0 unspecified atom stereocenters. The van der Waals surface area contributed by atoms with Crippen molar-refractivity contribution in [2.24, 2.45) is 0 Å². The Hall–Kier alpha value is -0.200. The molecule has 0 amide bonds. The average molecular weight is 317 g/mol. The van der Waals surface area contributed by atoms with Crippen LogP contribution in [0.4, 0.5) is 0 Å². The number of nitrogens with zero attached hydrogens (tertiary/aromatic N) is 2. The quantitative estimate of drug-likeness (QED) is 0.662. The predicted octanol–water partition coefficient (Wildman–Crippen LogP) is 1.48. The van der Waals surface area contributed by atoms with Gasteiger partial charge in [-0.3, -0.25) is 9.88 Å². The lowest BCUT2D eigenvalue weighted by Crippen LogP contribution is -2.49. The molecular formula is C11H16IN3. The topological polar surface area (TPSA) is 28.2 Å². The molecule has 0 saturated carbocycles. The zero-order valence-electron chi connectivity index (χ0n) is 8.91. The summed E-state index contributed by atoms with van der Waals surface area (Å²) in [4.78, 5) is 6.81. The summed E-state index contributed by atoms with van der Waals surface area (Å²) < 4.78 is 1.06. The zero-order chi connectivity index (χ0) is 10.7. The summed E-state index contributed by atoms with van der Waals surface area (Å²) in [5.74, 6) is 0. The van der Waals surface area contributed by atoms with Gasteiger partial charge in [0.1, 0.15) is 3.70 Å². The Kier molecular flexibility index (Phi) is 3.93. The molecule has 1 N–H and O–H groups in total. The van der Waals surface area contributed by atoms with Crippen LogP contribution in [-0.4, -0.2) is 35.6 Å². The molecule has 3 nitrogen and oxygen atoms in total. The lowest BCUT2D eigenvalue weighted by molar-refractivity contribution is 0.165. The van der Waals surface area contributed by atoms with Gasteiger partial charge < -0.3 is 5.32 Å². The maximum Gasteiger partial charge on any atom is 0.101 e. The number of pyridine rings is 1. The molecule has 0 radical (unpaired) electrons. The van der Waals surface area contributed by atoms with Gasteiger partial charge in [-0.1, -0.05) is 6.07 Å². The summed E-state index contributed by atoms with van der Waals surface area (Å²) in [6, 6.07) is 4.87. The molecule has 1 aliphatic heterocycles. The van der Waals surface area contributed by atoms with E-state index >= 15 is 0 Å². The molecule has 1 aromatic heterocycles. The van der Waals surface area contributed by atoms with Gasteiger partial charge in [-0.15, -0.1) is 0 Å². The molecule has 2 heterocycles. The number of hydrogen-bond donors (Lipinski definition) is 1. The SMILES string of the molecule is C[C@H]1CNCCN1Cc1ccc(I)nc1. The fourth-order valence-electron chi connectivity index (χ4n) is 1.85. The molecule has 82 valence electrons. The lowest BCUT2D eigenvalue weighted by Gasteiger charge is -2.33. The summed E-state index contributed by atoms with van der Waals surface area (Å²) in [5.41, 5.74) is 1.31. The molecule has 4 heteroatoms. The second kappa shape index (κ2) is 5.23. The van der Waals surface area contributed by atoms with Crippen molar-refractivity contribution in [1.82, 2.24) is 15.2 Å². The largest absolute Gasteiger partial charge is 0.314 e. The third kappa shape index (κ3) is 3.12. The Morgan fingerprint density at radius 2 is 2.47 bits per heavy atom. The second-order valence-electron chi connectivity index (χ2n) is 4.01. The molecule has 1 aromatic rings. The van der Waals surface area contributed by atoms with Gasteiger partial charge in [-0.25, -0.2) is 0 Å². The first kappa shape index (κ1) is 11.3. The molecule has 1 atom stereocenters. The van der Waals surface area contributed by atoms with Crippen molar-refractivity contribution >= 4 is 22.6 Å². The van der Waals surface area contributed by atoms with E-state index in [4.69, 9.17) is 0 Å². The van der Waals surface area contributed by atoms with Gasteiger partial charge in [0.05, 0.1) is 0 Å². The average Bonchev–Trinajstić information content (AvgIpc) is 2.25. The molecule has 1 aliphatic rings. The standard InChI is InChI=1S/C11H16IN3/c1-9-6-13-4-5-15(9)8-10-2-3-11(12)14-7-10/h2-3,7,9,13H,4-6,8H2,1H3/t9-/m0/s1. The third-order valence-electron chi connectivity index (χ3n) is 2.81. The van der Waals surface area contributed by atoms with E-state index in [0.29, 0.717) is 6.04 Å². The molecule has 1 saturated heterocycles. The third-order valence-corrected chi connectivity index (χ3v) is 3.45. The van der Waals surface area contributed by atoms with Gasteiger partial charge in [0.25, 0.3) is 0 Å². The van der Waals surface area contributed by atoms with Crippen LogP contribution >= 0.6 is 22.6 Å². The van der Waals surface area contributed by atoms with Gasteiger partial charge in [-0.2, -0.15) is 0 Å². The minimum Gasteiger partial charge on any atom is -0.314 e. The molecule has 15 heavy (non-hydrogen) atoms. The Balaban J connectivity index is 1.98. The normalized spacial score (nSPS) is 22.9. The van der Waals surface area contributed by atoms with Gasteiger partial charge in [0, 0.05) is 38.4 Å². The smallest absolute Gasteiger partial charge is 0.101 e. The fourth-order valence-corrected chi connectivity index (χ4v) is 2.17. The van der Waals surface area contributed by atoms with Crippen molar-refractivity contribution in [2.45, 2.75) is 19.5 Å². The minimum atomic E-state index is 0.623. The molecule has 0 aromatic carbocycles. The molecular weight excluding hydrogens is 301 g/mol. The van der Waals surface area contributed by atoms with E-state index < -0.39 is 0 Å². The van der Waals surface area contributed by atoms with Gasteiger partial charge in [0.2, 0.25) is 0 Å². The number of rotatable bonds is 2. The van der Waals surface area contributed by atoms with Crippen LogP contribution in [0.5, 0.6) is 0 Å². The number of piperazine rings is 1. The Morgan fingerprint density at radius 3 is 3.13 bits per heavy atom. The highest BCUT2D eigenvalue weighted by Crippen LogP contribution is 2.10. The summed E-state index contributed by atoms with van der Waals surface area (Å²) in [5, 5.41) is 3.40. The molecule has 0 aliphatic carbocycles. The van der Waals surface area contributed by atoms with Crippen molar-refractivity contribution in [3.05, 3.63) is 27.6 Å². The van der Waals surface area contributed by atoms with Crippen molar-refractivity contribution in [3.63, 3.8) is 0 Å². The van der Waals surface area contributed by atoms with Crippen LogP contribution in [0.3, 0.4) is 0 Å². The van der Waals surface area contributed by atoms with Crippen LogP contribution in [0, 0.1) is 3.70 Å². The molecule has 0 bridgehead atoms. The first-order chi connectivity index (χ1) is 7.25. The first-order valence-electron chi connectivity index (χ1n) is 5.31. The number of aromatic nitrogens is 1. The Labute approximate surface area is 104 Å². The van der Waals surface area contributed by atoms with E-state index in [2.05, 4.69) is 56.8 Å². The van der Waals surface area contributed by atoms with Crippen LogP contribution in [0.15, 0.2) is 18.3 Å². The van der Waals surface area contributed by atoms with Gasteiger partial charge in [0.15, 0.2) is 0 Å². The van der Waals surface area contributed by atoms with Gasteiger partial charge in [-0.05, 0) is 41.1 Å². The minimum absolute atomic E-state index is 0.623. The number of nitrogens with one attached hydrogen (secondary N) is 1. The molecule has 2 rings (SSSR count). The Bertz CT molecular complexity index is 312. The monoisotopic (exact) mass is 317 g/mol. The van der Waals surface area contributed by atoms with E-state index in [1.165, 1.54) is 5.56 Å². The highest BCUT2D eigenvalue weighted by atomic mass is 127. The summed E-state index contributed by atoms with van der Waals surface area (Å²) in [6.45, 7) is 6.62. The van der Waals surface area contributed by atoms with Crippen molar-refractivity contribution < 1.29 is 0 Å². The van der Waals surface area contributed by atoms with E-state index in [1.54, 1.807) is 0 Å². The van der Waals surface area contributed by atoms with Crippen LogP contribution in [0.25, 0.3) is 0 Å².